The minimum absolute atomic E-state index is 0.455. The standard InChI is InChI=1S/C30H30N2O3/c1-32-27(8-5-9-28(33)24-6-3-2-4-7-24)26(20-31-32)23-12-10-21(11-13-23)22-14-16-25(17-15-22)30(18-19-30)29(34)35/h2-4,6-7,10-17,20,28,33H,5,8-9,18-19H2,1H3,(H,34,35). The number of aryl methyl sites for hydroxylation is 1. The van der Waals surface area contributed by atoms with Gasteiger partial charge in [-0.2, -0.15) is 5.10 Å². The Morgan fingerprint density at radius 2 is 1.54 bits per heavy atom. The summed E-state index contributed by atoms with van der Waals surface area (Å²) in [5.41, 5.74) is 6.72. The molecule has 0 bridgehead atoms. The third-order valence-corrected chi connectivity index (χ3v) is 7.26. The summed E-state index contributed by atoms with van der Waals surface area (Å²) in [5.74, 6) is -0.726. The van der Waals surface area contributed by atoms with Gasteiger partial charge in [0.15, 0.2) is 0 Å². The number of carboxylic acids is 1. The Morgan fingerprint density at radius 3 is 2.14 bits per heavy atom. The first-order chi connectivity index (χ1) is 17.0. The van der Waals surface area contributed by atoms with Crippen LogP contribution in [0.2, 0.25) is 0 Å². The maximum absolute atomic E-state index is 11.6. The molecule has 5 heteroatoms. The largest absolute Gasteiger partial charge is 0.481 e. The molecule has 1 heterocycles. The number of hydrogen-bond acceptors (Lipinski definition) is 3. The highest BCUT2D eigenvalue weighted by Gasteiger charge is 2.51. The molecule has 1 atom stereocenters. The van der Waals surface area contributed by atoms with E-state index in [1.54, 1.807) is 0 Å². The van der Waals surface area contributed by atoms with E-state index in [9.17, 15) is 15.0 Å². The summed E-state index contributed by atoms with van der Waals surface area (Å²) in [4.78, 5) is 11.6. The zero-order valence-corrected chi connectivity index (χ0v) is 19.9. The second-order valence-corrected chi connectivity index (χ2v) is 9.49. The van der Waals surface area contributed by atoms with Crippen molar-refractivity contribution in [1.82, 2.24) is 9.78 Å². The topological polar surface area (TPSA) is 75.4 Å². The van der Waals surface area contributed by atoms with E-state index < -0.39 is 17.5 Å². The number of carbonyl (C=O) groups is 1. The fourth-order valence-electron chi connectivity index (χ4n) is 4.88. The molecule has 5 nitrogen and oxygen atoms in total. The molecule has 1 aromatic heterocycles. The predicted molar refractivity (Wildman–Crippen MR) is 137 cm³/mol. The number of aliphatic carboxylic acids is 1. The first-order valence-corrected chi connectivity index (χ1v) is 12.2. The molecular formula is C30H30N2O3. The third-order valence-electron chi connectivity index (χ3n) is 7.26. The number of aliphatic hydroxyl groups is 1. The highest BCUT2D eigenvalue weighted by atomic mass is 16.4. The lowest BCUT2D eigenvalue weighted by Gasteiger charge is -2.12. The second-order valence-electron chi connectivity index (χ2n) is 9.49. The molecule has 4 aromatic rings. The van der Waals surface area contributed by atoms with Gasteiger partial charge < -0.3 is 10.2 Å². The average molecular weight is 467 g/mol. The number of nitrogens with zero attached hydrogens (tertiary/aromatic N) is 2. The molecule has 1 fully saturated rings. The quantitative estimate of drug-likeness (QED) is 0.321. The van der Waals surface area contributed by atoms with Gasteiger partial charge in [-0.05, 0) is 59.9 Å². The van der Waals surface area contributed by atoms with E-state index >= 15 is 0 Å². The Hall–Kier alpha value is -3.70. The van der Waals surface area contributed by atoms with Gasteiger partial charge in [0.2, 0.25) is 0 Å². The Morgan fingerprint density at radius 1 is 0.943 bits per heavy atom. The molecule has 1 saturated carbocycles. The van der Waals surface area contributed by atoms with Crippen molar-refractivity contribution in [2.45, 2.75) is 43.6 Å². The highest BCUT2D eigenvalue weighted by molar-refractivity contribution is 5.85. The second kappa shape index (κ2) is 9.51. The summed E-state index contributed by atoms with van der Waals surface area (Å²) < 4.78 is 1.92. The van der Waals surface area contributed by atoms with Crippen LogP contribution in [-0.4, -0.2) is 26.0 Å². The number of benzene rings is 3. The fraction of sp³-hybridized carbons (Fsp3) is 0.267. The molecule has 1 aliphatic carbocycles. The number of carboxylic acid groups (broad SMARTS) is 1. The number of rotatable bonds is 9. The van der Waals surface area contributed by atoms with Crippen LogP contribution in [0.4, 0.5) is 0 Å². The van der Waals surface area contributed by atoms with Crippen molar-refractivity contribution in [3.63, 3.8) is 0 Å². The molecular weight excluding hydrogens is 436 g/mol. The van der Waals surface area contributed by atoms with Crippen LogP contribution in [0, 0.1) is 0 Å². The predicted octanol–water partition coefficient (Wildman–Crippen LogP) is 5.93. The molecule has 5 rings (SSSR count). The molecule has 0 radical (unpaired) electrons. The Bertz CT molecular complexity index is 1300. The van der Waals surface area contributed by atoms with Crippen LogP contribution in [0.5, 0.6) is 0 Å². The molecule has 0 aliphatic heterocycles. The summed E-state index contributed by atoms with van der Waals surface area (Å²) in [6.07, 6.45) is 5.29. The van der Waals surface area contributed by atoms with Gasteiger partial charge in [-0.3, -0.25) is 9.48 Å². The molecule has 178 valence electrons. The van der Waals surface area contributed by atoms with E-state index in [2.05, 4.69) is 29.4 Å². The van der Waals surface area contributed by atoms with Gasteiger partial charge in [-0.1, -0.05) is 78.9 Å². The minimum atomic E-state index is -0.726. The fourth-order valence-corrected chi connectivity index (χ4v) is 4.88. The molecule has 1 aliphatic rings. The first kappa shape index (κ1) is 23.1. The number of aromatic nitrogens is 2. The van der Waals surface area contributed by atoms with E-state index in [-0.39, 0.29) is 0 Å². The summed E-state index contributed by atoms with van der Waals surface area (Å²) >= 11 is 0. The minimum Gasteiger partial charge on any atom is -0.481 e. The van der Waals surface area contributed by atoms with E-state index in [0.29, 0.717) is 6.42 Å². The van der Waals surface area contributed by atoms with Gasteiger partial charge >= 0.3 is 5.97 Å². The van der Waals surface area contributed by atoms with Crippen LogP contribution in [0.1, 0.15) is 48.6 Å². The Kier molecular flexibility index (Phi) is 6.27. The van der Waals surface area contributed by atoms with E-state index in [1.165, 1.54) is 0 Å². The molecule has 35 heavy (non-hydrogen) atoms. The summed E-state index contributed by atoms with van der Waals surface area (Å²) in [7, 11) is 1.96. The van der Waals surface area contributed by atoms with Gasteiger partial charge in [-0.25, -0.2) is 0 Å². The number of hydrogen-bond donors (Lipinski definition) is 2. The van der Waals surface area contributed by atoms with Crippen molar-refractivity contribution >= 4 is 5.97 Å². The first-order valence-electron chi connectivity index (χ1n) is 12.2. The smallest absolute Gasteiger partial charge is 0.314 e. The van der Waals surface area contributed by atoms with E-state index in [0.717, 1.165) is 64.8 Å². The zero-order chi connectivity index (χ0) is 24.4. The summed E-state index contributed by atoms with van der Waals surface area (Å²) in [6.45, 7) is 0. The van der Waals surface area contributed by atoms with Crippen LogP contribution < -0.4 is 0 Å². The molecule has 3 aromatic carbocycles. The summed E-state index contributed by atoms with van der Waals surface area (Å²) in [6, 6.07) is 26.2. The van der Waals surface area contributed by atoms with Crippen LogP contribution in [0.3, 0.4) is 0 Å². The van der Waals surface area contributed by atoms with Gasteiger partial charge in [0, 0.05) is 18.3 Å². The maximum atomic E-state index is 11.6. The monoisotopic (exact) mass is 466 g/mol. The lowest BCUT2D eigenvalue weighted by atomic mass is 9.93. The van der Waals surface area contributed by atoms with E-state index in [4.69, 9.17) is 0 Å². The van der Waals surface area contributed by atoms with Crippen molar-refractivity contribution in [2.75, 3.05) is 0 Å². The Balaban J connectivity index is 1.27. The molecule has 0 amide bonds. The van der Waals surface area contributed by atoms with Crippen LogP contribution in [0.15, 0.2) is 85.1 Å². The van der Waals surface area contributed by atoms with Crippen molar-refractivity contribution in [1.29, 1.82) is 0 Å². The van der Waals surface area contributed by atoms with E-state index in [1.807, 2.05) is 72.5 Å². The highest BCUT2D eigenvalue weighted by Crippen LogP contribution is 2.48. The third kappa shape index (κ3) is 4.64. The van der Waals surface area contributed by atoms with Crippen molar-refractivity contribution < 1.29 is 15.0 Å². The lowest BCUT2D eigenvalue weighted by molar-refractivity contribution is -0.140. The SMILES string of the molecule is Cn1ncc(-c2ccc(-c3ccc(C4(C(=O)O)CC4)cc3)cc2)c1CCCC(O)c1ccccc1. The Labute approximate surface area is 205 Å². The lowest BCUT2D eigenvalue weighted by Crippen LogP contribution is -2.19. The maximum Gasteiger partial charge on any atom is 0.314 e. The van der Waals surface area contributed by atoms with Crippen LogP contribution in [-0.2, 0) is 23.7 Å². The van der Waals surface area contributed by atoms with Crippen molar-refractivity contribution in [2.24, 2.45) is 7.05 Å². The van der Waals surface area contributed by atoms with Crippen molar-refractivity contribution in [3.05, 3.63) is 102 Å². The van der Waals surface area contributed by atoms with Crippen LogP contribution >= 0.6 is 0 Å². The molecule has 2 N–H and O–H groups in total. The average Bonchev–Trinajstić information content (AvgIpc) is 3.63. The van der Waals surface area contributed by atoms with Crippen LogP contribution in [0.25, 0.3) is 22.3 Å². The van der Waals surface area contributed by atoms with Gasteiger partial charge in [-0.15, -0.1) is 0 Å². The molecule has 0 saturated heterocycles. The van der Waals surface area contributed by atoms with Gasteiger partial charge in [0.1, 0.15) is 0 Å². The summed E-state index contributed by atoms with van der Waals surface area (Å²) in [5, 5.41) is 24.5. The molecule has 0 spiro atoms. The zero-order valence-electron chi connectivity index (χ0n) is 19.9. The number of aliphatic hydroxyl groups excluding tert-OH is 1. The van der Waals surface area contributed by atoms with Crippen molar-refractivity contribution in [3.8, 4) is 22.3 Å². The molecule has 1 unspecified atom stereocenters. The van der Waals surface area contributed by atoms with Gasteiger partial charge in [0.25, 0.3) is 0 Å². The normalized spacial score (nSPS) is 15.0. The van der Waals surface area contributed by atoms with Gasteiger partial charge in [0.05, 0.1) is 17.7 Å².